The molecule has 4 nitrogen and oxygen atoms in total. The summed E-state index contributed by atoms with van der Waals surface area (Å²) in [5.74, 6) is 0.916. The second-order valence-electron chi connectivity index (χ2n) is 3.91. The Morgan fingerprint density at radius 2 is 2.24 bits per heavy atom. The molecule has 0 aromatic carbocycles. The zero-order valence-electron chi connectivity index (χ0n) is 9.73. The van der Waals surface area contributed by atoms with E-state index in [0.29, 0.717) is 0 Å². The molecular formula is C12H15BrN4. The molecule has 0 saturated carbocycles. The molecule has 2 aromatic rings. The van der Waals surface area contributed by atoms with E-state index in [-0.39, 0.29) is 0 Å². The van der Waals surface area contributed by atoms with Gasteiger partial charge < -0.3 is 5.32 Å². The molecule has 5 heteroatoms. The van der Waals surface area contributed by atoms with Crippen molar-refractivity contribution in [3.63, 3.8) is 0 Å². The molecule has 2 rings (SSSR count). The number of aryl methyl sites for hydroxylation is 2. The number of halogens is 1. The summed E-state index contributed by atoms with van der Waals surface area (Å²) in [5, 5.41) is 7.43. The molecule has 0 spiro atoms. The number of hydrogen-bond donors (Lipinski definition) is 1. The Kier molecular flexibility index (Phi) is 4.14. The highest BCUT2D eigenvalue weighted by atomic mass is 79.9. The van der Waals surface area contributed by atoms with E-state index < -0.39 is 0 Å². The van der Waals surface area contributed by atoms with Crippen molar-refractivity contribution in [3.05, 3.63) is 40.8 Å². The highest BCUT2D eigenvalue weighted by Crippen LogP contribution is 2.10. The summed E-state index contributed by atoms with van der Waals surface area (Å²) >= 11 is 3.36. The van der Waals surface area contributed by atoms with Crippen LogP contribution in [0.3, 0.4) is 0 Å². The van der Waals surface area contributed by atoms with Crippen LogP contribution in [0.1, 0.15) is 12.0 Å². The van der Waals surface area contributed by atoms with Crippen LogP contribution in [0.25, 0.3) is 0 Å². The first-order chi connectivity index (χ1) is 8.24. The Hall–Kier alpha value is -1.36. The zero-order valence-corrected chi connectivity index (χ0v) is 11.3. The van der Waals surface area contributed by atoms with Gasteiger partial charge in [-0.2, -0.15) is 5.10 Å². The maximum absolute atomic E-state index is 4.25. The van der Waals surface area contributed by atoms with Gasteiger partial charge in [0.1, 0.15) is 5.82 Å². The van der Waals surface area contributed by atoms with E-state index in [1.54, 1.807) is 6.20 Å². The molecule has 0 unspecified atom stereocenters. The molecule has 0 fully saturated rings. The second kappa shape index (κ2) is 5.82. The minimum atomic E-state index is 0.916. The lowest BCUT2D eigenvalue weighted by Crippen LogP contribution is -2.04. The van der Waals surface area contributed by atoms with Gasteiger partial charge in [0.15, 0.2) is 0 Å². The van der Waals surface area contributed by atoms with Gasteiger partial charge in [-0.15, -0.1) is 0 Å². The third kappa shape index (κ3) is 3.85. The molecule has 0 saturated heterocycles. The number of nitrogens with zero attached hydrogens (tertiary/aromatic N) is 3. The summed E-state index contributed by atoms with van der Waals surface area (Å²) < 4.78 is 2.83. The fourth-order valence-corrected chi connectivity index (χ4v) is 1.82. The molecule has 0 aliphatic rings. The van der Waals surface area contributed by atoms with E-state index >= 15 is 0 Å². The lowest BCUT2D eigenvalue weighted by atomic mass is 10.2. The van der Waals surface area contributed by atoms with Crippen LogP contribution in [0.15, 0.2) is 35.2 Å². The van der Waals surface area contributed by atoms with Crippen molar-refractivity contribution < 1.29 is 0 Å². The van der Waals surface area contributed by atoms with Gasteiger partial charge in [0.2, 0.25) is 0 Å². The molecule has 1 N–H and O–H groups in total. The molecule has 17 heavy (non-hydrogen) atoms. The highest BCUT2D eigenvalue weighted by Gasteiger charge is 1.97. The first-order valence-corrected chi connectivity index (χ1v) is 6.36. The Morgan fingerprint density at radius 3 is 2.88 bits per heavy atom. The van der Waals surface area contributed by atoms with Gasteiger partial charge in [-0.1, -0.05) is 0 Å². The van der Waals surface area contributed by atoms with Crippen LogP contribution in [-0.2, 0) is 13.5 Å². The van der Waals surface area contributed by atoms with Crippen LogP contribution < -0.4 is 5.32 Å². The fourth-order valence-electron chi connectivity index (χ4n) is 1.59. The first kappa shape index (κ1) is 12.1. The summed E-state index contributed by atoms with van der Waals surface area (Å²) in [6.07, 6.45) is 7.88. The van der Waals surface area contributed by atoms with Crippen molar-refractivity contribution in [3.8, 4) is 0 Å². The molecular weight excluding hydrogens is 280 g/mol. The smallest absolute Gasteiger partial charge is 0.125 e. The average Bonchev–Trinajstić information content (AvgIpc) is 2.73. The Morgan fingerprint density at radius 1 is 1.35 bits per heavy atom. The van der Waals surface area contributed by atoms with E-state index in [2.05, 4.69) is 37.5 Å². The molecule has 0 aliphatic carbocycles. The van der Waals surface area contributed by atoms with Crippen molar-refractivity contribution in [1.82, 2.24) is 14.8 Å². The molecule has 0 aliphatic heterocycles. The SMILES string of the molecule is Cn1cc(CCCNc2ccc(Br)cn2)cn1. The van der Waals surface area contributed by atoms with Gasteiger partial charge >= 0.3 is 0 Å². The summed E-state index contributed by atoms with van der Waals surface area (Å²) in [6, 6.07) is 3.95. The van der Waals surface area contributed by atoms with Crippen LogP contribution in [0.2, 0.25) is 0 Å². The van der Waals surface area contributed by atoms with Crippen molar-refractivity contribution in [2.45, 2.75) is 12.8 Å². The minimum absolute atomic E-state index is 0.916. The molecule has 2 aromatic heterocycles. The summed E-state index contributed by atoms with van der Waals surface area (Å²) in [6.45, 7) is 0.920. The molecule has 0 atom stereocenters. The minimum Gasteiger partial charge on any atom is -0.370 e. The summed E-state index contributed by atoms with van der Waals surface area (Å²) in [7, 11) is 1.94. The van der Waals surface area contributed by atoms with Gasteiger partial charge in [-0.05, 0) is 46.5 Å². The van der Waals surface area contributed by atoms with E-state index in [1.807, 2.05) is 30.1 Å². The number of anilines is 1. The molecule has 90 valence electrons. The number of hydrogen-bond acceptors (Lipinski definition) is 3. The van der Waals surface area contributed by atoms with Crippen LogP contribution >= 0.6 is 15.9 Å². The van der Waals surface area contributed by atoms with E-state index in [4.69, 9.17) is 0 Å². The summed E-state index contributed by atoms with van der Waals surface area (Å²) in [5.41, 5.74) is 1.28. The number of aromatic nitrogens is 3. The molecule has 0 radical (unpaired) electrons. The Labute approximate surface area is 109 Å². The summed E-state index contributed by atoms with van der Waals surface area (Å²) in [4.78, 5) is 4.25. The third-order valence-electron chi connectivity index (χ3n) is 2.43. The number of pyridine rings is 1. The van der Waals surface area contributed by atoms with E-state index in [9.17, 15) is 0 Å². The quantitative estimate of drug-likeness (QED) is 0.862. The van der Waals surface area contributed by atoms with Crippen molar-refractivity contribution >= 4 is 21.7 Å². The van der Waals surface area contributed by atoms with Gasteiger partial charge in [0.05, 0.1) is 6.20 Å². The van der Waals surface area contributed by atoms with Gasteiger partial charge in [-0.25, -0.2) is 4.98 Å². The molecule has 2 heterocycles. The van der Waals surface area contributed by atoms with Crippen LogP contribution in [0.5, 0.6) is 0 Å². The highest BCUT2D eigenvalue weighted by molar-refractivity contribution is 9.10. The largest absolute Gasteiger partial charge is 0.370 e. The normalized spacial score (nSPS) is 10.5. The van der Waals surface area contributed by atoms with Crippen molar-refractivity contribution in [2.24, 2.45) is 7.05 Å². The molecule has 0 bridgehead atoms. The number of rotatable bonds is 5. The average molecular weight is 295 g/mol. The lowest BCUT2D eigenvalue weighted by molar-refractivity contribution is 0.765. The predicted octanol–water partition coefficient (Wildman–Crippen LogP) is 2.62. The van der Waals surface area contributed by atoms with Gasteiger partial charge in [0, 0.05) is 30.5 Å². The topological polar surface area (TPSA) is 42.7 Å². The van der Waals surface area contributed by atoms with Gasteiger partial charge in [-0.3, -0.25) is 4.68 Å². The monoisotopic (exact) mass is 294 g/mol. The Balaban J connectivity index is 1.71. The second-order valence-corrected chi connectivity index (χ2v) is 4.83. The van der Waals surface area contributed by atoms with E-state index in [0.717, 1.165) is 29.7 Å². The maximum atomic E-state index is 4.25. The maximum Gasteiger partial charge on any atom is 0.125 e. The standard InChI is InChI=1S/C12H15BrN4/c1-17-9-10(7-16-17)3-2-6-14-12-5-4-11(13)8-15-12/h4-5,7-9H,2-3,6H2,1H3,(H,14,15). The Bertz CT molecular complexity index is 464. The van der Waals surface area contributed by atoms with Crippen LogP contribution in [-0.4, -0.2) is 21.3 Å². The van der Waals surface area contributed by atoms with Crippen LogP contribution in [0.4, 0.5) is 5.82 Å². The lowest BCUT2D eigenvalue weighted by Gasteiger charge is -2.04. The fraction of sp³-hybridized carbons (Fsp3) is 0.333. The van der Waals surface area contributed by atoms with E-state index in [1.165, 1.54) is 5.56 Å². The predicted molar refractivity (Wildman–Crippen MR) is 72.0 cm³/mol. The number of nitrogens with one attached hydrogen (secondary N) is 1. The molecule has 0 amide bonds. The van der Waals surface area contributed by atoms with Crippen molar-refractivity contribution in [1.29, 1.82) is 0 Å². The van der Waals surface area contributed by atoms with Crippen LogP contribution in [0, 0.1) is 0 Å². The first-order valence-electron chi connectivity index (χ1n) is 5.57. The third-order valence-corrected chi connectivity index (χ3v) is 2.90. The zero-order chi connectivity index (χ0) is 12.1. The van der Waals surface area contributed by atoms with Crippen molar-refractivity contribution in [2.75, 3.05) is 11.9 Å². The van der Waals surface area contributed by atoms with Gasteiger partial charge in [0.25, 0.3) is 0 Å².